The maximum Gasteiger partial charge on any atom is 0.225 e. The van der Waals surface area contributed by atoms with Crippen molar-refractivity contribution in [2.45, 2.75) is 32.2 Å². The van der Waals surface area contributed by atoms with Crippen LogP contribution in [0.25, 0.3) is 10.8 Å². The van der Waals surface area contributed by atoms with E-state index in [1.807, 2.05) is 36.4 Å². The van der Waals surface area contributed by atoms with Crippen LogP contribution in [0.4, 0.5) is 5.69 Å². The van der Waals surface area contributed by atoms with E-state index < -0.39 is 0 Å². The first-order chi connectivity index (χ1) is 9.19. The van der Waals surface area contributed by atoms with E-state index in [9.17, 15) is 4.79 Å². The molecular weight excluding hydrogens is 236 g/mol. The Morgan fingerprint density at radius 2 is 1.95 bits per heavy atom. The average Bonchev–Trinajstić information content (AvgIpc) is 2.38. The van der Waals surface area contributed by atoms with Crippen LogP contribution < -0.4 is 11.1 Å². The quantitative estimate of drug-likeness (QED) is 0.862. The summed E-state index contributed by atoms with van der Waals surface area (Å²) < 4.78 is 0. The van der Waals surface area contributed by atoms with Crippen molar-refractivity contribution >= 4 is 22.4 Å². The normalized spacial score (nSPS) is 12.3. The first kappa shape index (κ1) is 13.6. The summed E-state index contributed by atoms with van der Waals surface area (Å²) in [5.41, 5.74) is 6.69. The average molecular weight is 256 g/mol. The molecule has 0 radical (unpaired) electrons. The highest BCUT2D eigenvalue weighted by molar-refractivity contribution is 5.94. The smallest absolute Gasteiger partial charge is 0.225 e. The van der Waals surface area contributed by atoms with Gasteiger partial charge in [0.05, 0.1) is 0 Å². The number of nitrogens with one attached hydrogen (secondary N) is 1. The first-order valence-corrected chi connectivity index (χ1v) is 6.73. The van der Waals surface area contributed by atoms with E-state index in [0.717, 1.165) is 23.9 Å². The molecule has 0 fully saturated rings. The molecule has 1 atom stereocenters. The van der Waals surface area contributed by atoms with Gasteiger partial charge in [0.2, 0.25) is 5.91 Å². The first-order valence-electron chi connectivity index (χ1n) is 6.73. The van der Waals surface area contributed by atoms with Crippen LogP contribution in [0.2, 0.25) is 0 Å². The molecule has 19 heavy (non-hydrogen) atoms. The number of rotatable bonds is 5. The van der Waals surface area contributed by atoms with E-state index in [4.69, 9.17) is 5.73 Å². The molecule has 0 spiro atoms. The fourth-order valence-electron chi connectivity index (χ4n) is 2.19. The molecule has 0 aliphatic heterocycles. The molecule has 3 heteroatoms. The Bertz CT molecular complexity index is 565. The third-order valence-corrected chi connectivity index (χ3v) is 3.14. The highest BCUT2D eigenvalue weighted by Crippen LogP contribution is 2.19. The van der Waals surface area contributed by atoms with Gasteiger partial charge < -0.3 is 11.1 Å². The van der Waals surface area contributed by atoms with Gasteiger partial charge in [-0.25, -0.2) is 0 Å². The largest absolute Gasteiger partial charge is 0.327 e. The molecule has 0 aliphatic rings. The molecule has 0 saturated carbocycles. The minimum atomic E-state index is -0.0505. The number of nitrogens with two attached hydrogens (primary N) is 1. The Kier molecular flexibility index (Phi) is 4.53. The summed E-state index contributed by atoms with van der Waals surface area (Å²) >= 11 is 0. The van der Waals surface area contributed by atoms with E-state index in [1.165, 1.54) is 5.39 Å². The lowest BCUT2D eigenvalue weighted by atomic mass is 10.1. The summed E-state index contributed by atoms with van der Waals surface area (Å²) in [6, 6.07) is 14.0. The maximum atomic E-state index is 11.8. The van der Waals surface area contributed by atoms with Crippen molar-refractivity contribution in [1.82, 2.24) is 0 Å². The molecule has 2 rings (SSSR count). The Balaban J connectivity index is 2.02. The summed E-state index contributed by atoms with van der Waals surface area (Å²) in [7, 11) is 0. The zero-order chi connectivity index (χ0) is 13.7. The molecule has 2 aromatic carbocycles. The summed E-state index contributed by atoms with van der Waals surface area (Å²) in [5.74, 6) is -0.0174. The van der Waals surface area contributed by atoms with Gasteiger partial charge in [-0.1, -0.05) is 43.7 Å². The van der Waals surface area contributed by atoms with E-state index >= 15 is 0 Å². The Hall–Kier alpha value is -1.87. The highest BCUT2D eigenvalue weighted by atomic mass is 16.1. The van der Waals surface area contributed by atoms with Gasteiger partial charge in [0, 0.05) is 18.2 Å². The minimum absolute atomic E-state index is 0.0174. The van der Waals surface area contributed by atoms with Crippen LogP contribution in [-0.2, 0) is 4.79 Å². The van der Waals surface area contributed by atoms with Gasteiger partial charge in [-0.3, -0.25) is 4.79 Å². The second kappa shape index (κ2) is 6.34. The van der Waals surface area contributed by atoms with Gasteiger partial charge in [0.25, 0.3) is 0 Å². The van der Waals surface area contributed by atoms with Gasteiger partial charge in [-0.2, -0.15) is 0 Å². The Labute approximate surface area is 113 Å². The third kappa shape index (κ3) is 3.80. The predicted octanol–water partition coefficient (Wildman–Crippen LogP) is 3.30. The highest BCUT2D eigenvalue weighted by Gasteiger charge is 2.09. The number of carbonyl (C=O) groups excluding carboxylic acids is 1. The fourth-order valence-corrected chi connectivity index (χ4v) is 2.19. The maximum absolute atomic E-state index is 11.8. The number of hydrogen-bond donors (Lipinski definition) is 2. The molecule has 0 aliphatic carbocycles. The number of carbonyl (C=O) groups is 1. The van der Waals surface area contributed by atoms with E-state index in [-0.39, 0.29) is 11.9 Å². The lowest BCUT2D eigenvalue weighted by Crippen LogP contribution is -2.26. The molecule has 1 unspecified atom stereocenters. The topological polar surface area (TPSA) is 55.1 Å². The van der Waals surface area contributed by atoms with Crippen molar-refractivity contribution in [1.29, 1.82) is 0 Å². The molecule has 1 amide bonds. The number of amides is 1. The number of benzene rings is 2. The lowest BCUT2D eigenvalue weighted by Gasteiger charge is -2.11. The van der Waals surface area contributed by atoms with Gasteiger partial charge >= 0.3 is 0 Å². The second-order valence-electron chi connectivity index (χ2n) is 4.86. The Morgan fingerprint density at radius 1 is 1.21 bits per heavy atom. The third-order valence-electron chi connectivity index (χ3n) is 3.14. The molecular formula is C16H20N2O. The van der Waals surface area contributed by atoms with E-state index in [2.05, 4.69) is 18.3 Å². The minimum Gasteiger partial charge on any atom is -0.327 e. The van der Waals surface area contributed by atoms with Crippen LogP contribution in [-0.4, -0.2) is 11.9 Å². The standard InChI is InChI=1S/C16H20N2O/c1-2-5-14(17)11-16(19)18-15-9-8-12-6-3-4-7-13(12)10-15/h3-4,6-10,14H,2,5,11,17H2,1H3,(H,18,19). The molecule has 0 aromatic heterocycles. The van der Waals surface area contributed by atoms with Crippen LogP contribution in [0.15, 0.2) is 42.5 Å². The van der Waals surface area contributed by atoms with Crippen LogP contribution in [0, 0.1) is 0 Å². The summed E-state index contributed by atoms with van der Waals surface area (Å²) in [4.78, 5) is 11.8. The number of fused-ring (bicyclic) bond motifs is 1. The fraction of sp³-hybridized carbons (Fsp3) is 0.312. The predicted molar refractivity (Wildman–Crippen MR) is 80.1 cm³/mol. The molecule has 3 N–H and O–H groups in total. The zero-order valence-corrected chi connectivity index (χ0v) is 11.2. The van der Waals surface area contributed by atoms with Crippen molar-refractivity contribution in [3.8, 4) is 0 Å². The van der Waals surface area contributed by atoms with Crippen LogP contribution in [0.5, 0.6) is 0 Å². The van der Waals surface area contributed by atoms with Crippen LogP contribution >= 0.6 is 0 Å². The van der Waals surface area contributed by atoms with Crippen molar-refractivity contribution in [3.63, 3.8) is 0 Å². The zero-order valence-electron chi connectivity index (χ0n) is 11.2. The van der Waals surface area contributed by atoms with Crippen molar-refractivity contribution in [2.75, 3.05) is 5.32 Å². The van der Waals surface area contributed by atoms with Gasteiger partial charge in [0.1, 0.15) is 0 Å². The second-order valence-corrected chi connectivity index (χ2v) is 4.86. The number of anilines is 1. The summed E-state index contributed by atoms with van der Waals surface area (Å²) in [5, 5.41) is 5.20. The molecule has 0 heterocycles. The SMILES string of the molecule is CCCC(N)CC(=O)Nc1ccc2ccccc2c1. The van der Waals surface area contributed by atoms with Crippen molar-refractivity contribution in [2.24, 2.45) is 5.73 Å². The molecule has 3 nitrogen and oxygen atoms in total. The molecule has 0 saturated heterocycles. The number of hydrogen-bond acceptors (Lipinski definition) is 2. The summed E-state index contributed by atoms with van der Waals surface area (Å²) in [6.45, 7) is 2.07. The van der Waals surface area contributed by atoms with Crippen LogP contribution in [0.1, 0.15) is 26.2 Å². The van der Waals surface area contributed by atoms with Crippen molar-refractivity contribution < 1.29 is 4.79 Å². The Morgan fingerprint density at radius 3 is 2.68 bits per heavy atom. The molecule has 2 aromatic rings. The summed E-state index contributed by atoms with van der Waals surface area (Å²) in [6.07, 6.45) is 2.26. The van der Waals surface area contributed by atoms with Gasteiger partial charge in [-0.15, -0.1) is 0 Å². The van der Waals surface area contributed by atoms with Gasteiger partial charge in [-0.05, 0) is 29.3 Å². The van der Waals surface area contributed by atoms with E-state index in [1.54, 1.807) is 0 Å². The van der Waals surface area contributed by atoms with Gasteiger partial charge in [0.15, 0.2) is 0 Å². The van der Waals surface area contributed by atoms with Crippen molar-refractivity contribution in [3.05, 3.63) is 42.5 Å². The molecule has 0 bridgehead atoms. The lowest BCUT2D eigenvalue weighted by molar-refractivity contribution is -0.116. The van der Waals surface area contributed by atoms with E-state index in [0.29, 0.717) is 6.42 Å². The monoisotopic (exact) mass is 256 g/mol. The van der Waals surface area contributed by atoms with Crippen LogP contribution in [0.3, 0.4) is 0 Å². The molecule has 100 valence electrons.